The van der Waals surface area contributed by atoms with E-state index in [0.29, 0.717) is 36.5 Å². The van der Waals surface area contributed by atoms with Crippen molar-refractivity contribution in [2.24, 2.45) is 23.7 Å². The first kappa shape index (κ1) is 15.3. The Bertz CT molecular complexity index is 601. The maximum absolute atomic E-state index is 11.9. The van der Waals surface area contributed by atoms with Gasteiger partial charge in [-0.3, -0.25) is 4.79 Å². The van der Waals surface area contributed by atoms with E-state index < -0.39 is 0 Å². The van der Waals surface area contributed by atoms with Crippen LogP contribution in [0.1, 0.15) is 50.7 Å². The van der Waals surface area contributed by atoms with Crippen molar-refractivity contribution in [1.82, 2.24) is 0 Å². The van der Waals surface area contributed by atoms with Crippen molar-refractivity contribution in [3.05, 3.63) is 47.2 Å². The van der Waals surface area contributed by atoms with Gasteiger partial charge < -0.3 is 5.11 Å². The summed E-state index contributed by atoms with van der Waals surface area (Å²) in [4.78, 5) is 11.9. The number of rotatable bonds is 1. The highest BCUT2D eigenvalue weighted by Gasteiger charge is 2.39. The molecule has 2 aliphatic rings. The van der Waals surface area contributed by atoms with E-state index in [1.54, 1.807) is 0 Å². The van der Waals surface area contributed by atoms with Crippen LogP contribution in [0.4, 0.5) is 0 Å². The Labute approximate surface area is 133 Å². The fourth-order valence-electron chi connectivity index (χ4n) is 4.55. The van der Waals surface area contributed by atoms with Gasteiger partial charge in [0.2, 0.25) is 0 Å². The quantitative estimate of drug-likeness (QED) is 0.766. The molecule has 1 aromatic rings. The third kappa shape index (κ3) is 2.71. The zero-order valence-corrected chi connectivity index (χ0v) is 13.8. The lowest BCUT2D eigenvalue weighted by molar-refractivity contribution is -0.116. The fraction of sp³-hybridized carbons (Fsp3) is 0.550. The molecule has 1 N–H and O–H groups in total. The van der Waals surface area contributed by atoms with Crippen LogP contribution >= 0.6 is 0 Å². The second-order valence-electron chi connectivity index (χ2n) is 7.39. The predicted molar refractivity (Wildman–Crippen MR) is 88.8 cm³/mol. The van der Waals surface area contributed by atoms with E-state index in [1.807, 2.05) is 0 Å². The Balaban J connectivity index is 2.04. The molecule has 5 atom stereocenters. The molecular formula is C20H26O2. The third-order valence-electron chi connectivity index (χ3n) is 6.02. The zero-order valence-electron chi connectivity index (χ0n) is 13.8. The van der Waals surface area contributed by atoms with Gasteiger partial charge in [0.25, 0.3) is 0 Å². The number of aliphatic hydroxyl groups is 1. The minimum absolute atomic E-state index is 0.0726. The summed E-state index contributed by atoms with van der Waals surface area (Å²) < 4.78 is 0. The molecule has 0 aromatic heterocycles. The summed E-state index contributed by atoms with van der Waals surface area (Å²) in [5.74, 6) is 2.68. The Morgan fingerprint density at radius 2 is 1.73 bits per heavy atom. The van der Waals surface area contributed by atoms with Gasteiger partial charge in [-0.15, -0.1) is 0 Å². The SMILES string of the molecule is CC1Cc2ccccc2C(C2CC(=O)C=C(O)C2)C(C)C1C. The molecule has 2 heteroatoms. The lowest BCUT2D eigenvalue weighted by Crippen LogP contribution is -2.29. The normalized spacial score (nSPS) is 35.5. The standard InChI is InChI=1S/C20H26O2/c1-12-8-15-6-4-5-7-19(15)20(14(3)13(12)2)16-9-17(21)11-18(22)10-16/h4-7,11-14,16,20-21H,8-10H2,1-3H3. The molecule has 0 saturated carbocycles. The van der Waals surface area contributed by atoms with Crippen LogP contribution in [-0.4, -0.2) is 10.9 Å². The van der Waals surface area contributed by atoms with Crippen LogP contribution in [0.15, 0.2) is 36.1 Å². The fourth-order valence-corrected chi connectivity index (χ4v) is 4.55. The topological polar surface area (TPSA) is 37.3 Å². The van der Waals surface area contributed by atoms with Crippen molar-refractivity contribution in [2.75, 3.05) is 0 Å². The minimum atomic E-state index is 0.0726. The van der Waals surface area contributed by atoms with Gasteiger partial charge in [0.05, 0.1) is 5.76 Å². The number of hydrogen-bond acceptors (Lipinski definition) is 2. The number of hydrogen-bond donors (Lipinski definition) is 1. The molecule has 2 aliphatic carbocycles. The van der Waals surface area contributed by atoms with Crippen LogP contribution in [0.3, 0.4) is 0 Å². The number of fused-ring (bicyclic) bond motifs is 1. The van der Waals surface area contributed by atoms with E-state index >= 15 is 0 Å². The highest BCUT2D eigenvalue weighted by molar-refractivity contribution is 5.91. The lowest BCUT2D eigenvalue weighted by atomic mass is 9.68. The van der Waals surface area contributed by atoms with E-state index in [1.165, 1.54) is 17.2 Å². The van der Waals surface area contributed by atoms with Crippen molar-refractivity contribution in [3.63, 3.8) is 0 Å². The first-order valence-electron chi connectivity index (χ1n) is 8.47. The van der Waals surface area contributed by atoms with Crippen LogP contribution in [0.25, 0.3) is 0 Å². The van der Waals surface area contributed by atoms with Gasteiger partial charge in [0.15, 0.2) is 5.78 Å². The maximum Gasteiger partial charge on any atom is 0.159 e. The molecule has 0 aliphatic heterocycles. The van der Waals surface area contributed by atoms with Crippen molar-refractivity contribution in [1.29, 1.82) is 0 Å². The first-order valence-corrected chi connectivity index (χ1v) is 8.47. The summed E-state index contributed by atoms with van der Waals surface area (Å²) in [6, 6.07) is 8.71. The molecule has 5 unspecified atom stereocenters. The number of benzene rings is 1. The second kappa shape index (κ2) is 5.91. The van der Waals surface area contributed by atoms with Gasteiger partial charge in [-0.25, -0.2) is 0 Å². The lowest BCUT2D eigenvalue weighted by Gasteiger charge is -2.36. The van der Waals surface area contributed by atoms with Crippen molar-refractivity contribution in [2.45, 2.75) is 46.0 Å². The molecule has 0 saturated heterocycles. The summed E-state index contributed by atoms with van der Waals surface area (Å²) >= 11 is 0. The molecule has 0 heterocycles. The Morgan fingerprint density at radius 3 is 2.45 bits per heavy atom. The Hall–Kier alpha value is -1.57. The van der Waals surface area contributed by atoms with Gasteiger partial charge in [-0.2, -0.15) is 0 Å². The Kier molecular flexibility index (Phi) is 4.12. The summed E-state index contributed by atoms with van der Waals surface area (Å²) in [7, 11) is 0. The van der Waals surface area contributed by atoms with Crippen molar-refractivity contribution >= 4 is 5.78 Å². The van der Waals surface area contributed by atoms with Crippen molar-refractivity contribution in [3.8, 4) is 0 Å². The number of allylic oxidation sites excluding steroid dienone is 2. The van der Waals surface area contributed by atoms with Crippen LogP contribution < -0.4 is 0 Å². The Morgan fingerprint density at radius 1 is 1.00 bits per heavy atom. The summed E-state index contributed by atoms with van der Waals surface area (Å²) in [5.41, 5.74) is 2.83. The number of carbonyl (C=O) groups is 1. The molecule has 22 heavy (non-hydrogen) atoms. The van der Waals surface area contributed by atoms with Gasteiger partial charge in [-0.05, 0) is 47.1 Å². The monoisotopic (exact) mass is 298 g/mol. The number of carbonyl (C=O) groups excluding carboxylic acids is 1. The number of ketones is 1. The van der Waals surface area contributed by atoms with Crippen LogP contribution in [0, 0.1) is 23.7 Å². The zero-order chi connectivity index (χ0) is 15.9. The summed E-state index contributed by atoms with van der Waals surface area (Å²) in [6.07, 6.45) is 3.72. The molecule has 0 bridgehead atoms. The van der Waals surface area contributed by atoms with Crippen LogP contribution in [0.2, 0.25) is 0 Å². The predicted octanol–water partition coefficient (Wildman–Crippen LogP) is 4.66. The second-order valence-corrected chi connectivity index (χ2v) is 7.39. The molecule has 118 valence electrons. The largest absolute Gasteiger partial charge is 0.512 e. The van der Waals surface area contributed by atoms with Gasteiger partial charge in [0, 0.05) is 18.9 Å². The van der Waals surface area contributed by atoms with E-state index in [2.05, 4.69) is 45.0 Å². The average Bonchev–Trinajstić information content (AvgIpc) is 2.55. The molecule has 2 nitrogen and oxygen atoms in total. The van der Waals surface area contributed by atoms with Crippen molar-refractivity contribution < 1.29 is 9.90 Å². The molecule has 3 rings (SSSR count). The molecule has 0 spiro atoms. The molecule has 1 aromatic carbocycles. The van der Waals surface area contributed by atoms with Crippen LogP contribution in [-0.2, 0) is 11.2 Å². The van der Waals surface area contributed by atoms with E-state index in [9.17, 15) is 9.90 Å². The van der Waals surface area contributed by atoms with E-state index in [-0.39, 0.29) is 17.5 Å². The summed E-state index contributed by atoms with van der Waals surface area (Å²) in [6.45, 7) is 7.01. The molecule has 0 fully saturated rings. The van der Waals surface area contributed by atoms with Gasteiger partial charge >= 0.3 is 0 Å². The smallest absolute Gasteiger partial charge is 0.159 e. The van der Waals surface area contributed by atoms with E-state index in [4.69, 9.17) is 0 Å². The average molecular weight is 298 g/mol. The summed E-state index contributed by atoms with van der Waals surface area (Å²) in [5, 5.41) is 9.94. The van der Waals surface area contributed by atoms with Crippen LogP contribution in [0.5, 0.6) is 0 Å². The highest BCUT2D eigenvalue weighted by atomic mass is 16.3. The maximum atomic E-state index is 11.9. The number of aliphatic hydroxyl groups excluding tert-OH is 1. The van der Waals surface area contributed by atoms with Gasteiger partial charge in [-0.1, -0.05) is 45.0 Å². The minimum Gasteiger partial charge on any atom is -0.512 e. The third-order valence-corrected chi connectivity index (χ3v) is 6.02. The first-order chi connectivity index (χ1) is 10.5. The van der Waals surface area contributed by atoms with E-state index in [0.717, 1.165) is 6.42 Å². The molecular weight excluding hydrogens is 272 g/mol. The molecule has 0 radical (unpaired) electrons. The van der Waals surface area contributed by atoms with Gasteiger partial charge in [0.1, 0.15) is 0 Å². The molecule has 0 amide bonds. The highest BCUT2D eigenvalue weighted by Crippen LogP contribution is 2.47.